The molecule has 1 heterocycles. The SMILES string of the molecule is C[C@@H]1CCCN(CCCCOc2ccc(Cl)cc2Br)C1. The first kappa shape index (κ1) is 16.1. The van der Waals surface area contributed by atoms with E-state index in [9.17, 15) is 0 Å². The molecule has 1 saturated heterocycles. The molecule has 112 valence electrons. The molecule has 0 N–H and O–H groups in total. The van der Waals surface area contributed by atoms with Gasteiger partial charge in [0.15, 0.2) is 0 Å². The van der Waals surface area contributed by atoms with Crippen LogP contribution < -0.4 is 4.74 Å². The fourth-order valence-electron chi connectivity index (χ4n) is 2.70. The number of likely N-dealkylation sites (tertiary alicyclic amines) is 1. The van der Waals surface area contributed by atoms with Gasteiger partial charge in [0.2, 0.25) is 0 Å². The van der Waals surface area contributed by atoms with Crippen LogP contribution in [-0.2, 0) is 0 Å². The van der Waals surface area contributed by atoms with E-state index in [1.165, 1.54) is 38.9 Å². The lowest BCUT2D eigenvalue weighted by molar-refractivity contribution is 0.177. The van der Waals surface area contributed by atoms with E-state index >= 15 is 0 Å². The summed E-state index contributed by atoms with van der Waals surface area (Å²) in [5.41, 5.74) is 0. The molecule has 4 heteroatoms. The largest absolute Gasteiger partial charge is 0.492 e. The van der Waals surface area contributed by atoms with Crippen molar-refractivity contribution in [2.45, 2.75) is 32.6 Å². The van der Waals surface area contributed by atoms with Crippen molar-refractivity contribution < 1.29 is 4.74 Å². The minimum absolute atomic E-state index is 0.725. The van der Waals surface area contributed by atoms with E-state index in [2.05, 4.69) is 27.8 Å². The lowest BCUT2D eigenvalue weighted by Gasteiger charge is -2.30. The minimum Gasteiger partial charge on any atom is -0.492 e. The first-order valence-electron chi connectivity index (χ1n) is 7.45. The number of unbranched alkanes of at least 4 members (excludes halogenated alkanes) is 1. The van der Waals surface area contributed by atoms with Gasteiger partial charge in [0.1, 0.15) is 5.75 Å². The minimum atomic E-state index is 0.725. The third-order valence-corrected chi connectivity index (χ3v) is 4.62. The van der Waals surface area contributed by atoms with Gasteiger partial charge in [-0.25, -0.2) is 0 Å². The molecule has 2 nitrogen and oxygen atoms in total. The summed E-state index contributed by atoms with van der Waals surface area (Å²) in [6, 6.07) is 5.64. The van der Waals surface area contributed by atoms with Gasteiger partial charge >= 0.3 is 0 Å². The first-order valence-corrected chi connectivity index (χ1v) is 8.62. The second-order valence-electron chi connectivity index (χ2n) is 5.68. The van der Waals surface area contributed by atoms with Gasteiger partial charge in [-0.05, 0) is 78.8 Å². The molecule has 1 aromatic rings. The molecule has 1 aliphatic heterocycles. The Kier molecular flexibility index (Phi) is 6.66. The van der Waals surface area contributed by atoms with Crippen LogP contribution in [0, 0.1) is 5.92 Å². The van der Waals surface area contributed by atoms with Crippen LogP contribution in [0.15, 0.2) is 22.7 Å². The van der Waals surface area contributed by atoms with Crippen LogP contribution in [-0.4, -0.2) is 31.1 Å². The maximum atomic E-state index is 5.91. The summed E-state index contributed by atoms with van der Waals surface area (Å²) < 4.78 is 6.70. The molecular weight excluding hydrogens is 338 g/mol. The van der Waals surface area contributed by atoms with E-state index < -0.39 is 0 Å². The van der Waals surface area contributed by atoms with Crippen molar-refractivity contribution in [3.8, 4) is 5.75 Å². The van der Waals surface area contributed by atoms with Crippen LogP contribution >= 0.6 is 27.5 Å². The molecule has 0 amide bonds. The monoisotopic (exact) mass is 359 g/mol. The second kappa shape index (κ2) is 8.26. The van der Waals surface area contributed by atoms with Crippen LogP contribution in [0.3, 0.4) is 0 Å². The lowest BCUT2D eigenvalue weighted by atomic mass is 10.0. The third kappa shape index (κ3) is 5.27. The zero-order valence-electron chi connectivity index (χ0n) is 12.1. The Morgan fingerprint density at radius 2 is 2.25 bits per heavy atom. The van der Waals surface area contributed by atoms with Gasteiger partial charge in [-0.15, -0.1) is 0 Å². The molecular formula is C16H23BrClNO. The summed E-state index contributed by atoms with van der Waals surface area (Å²) in [7, 11) is 0. The Labute approximate surface area is 135 Å². The Hall–Kier alpha value is -0.250. The summed E-state index contributed by atoms with van der Waals surface area (Å²) in [5.74, 6) is 1.74. The molecule has 0 bridgehead atoms. The second-order valence-corrected chi connectivity index (χ2v) is 6.97. The highest BCUT2D eigenvalue weighted by molar-refractivity contribution is 9.10. The van der Waals surface area contributed by atoms with Gasteiger partial charge in [-0.1, -0.05) is 18.5 Å². The molecule has 1 aliphatic rings. The number of hydrogen-bond acceptors (Lipinski definition) is 2. The molecule has 2 rings (SSSR count). The van der Waals surface area contributed by atoms with Crippen LogP contribution in [0.1, 0.15) is 32.6 Å². The van der Waals surface area contributed by atoms with Crippen molar-refractivity contribution in [2.75, 3.05) is 26.2 Å². The predicted molar refractivity (Wildman–Crippen MR) is 88.7 cm³/mol. The van der Waals surface area contributed by atoms with Gasteiger partial charge in [-0.2, -0.15) is 0 Å². The Morgan fingerprint density at radius 1 is 1.40 bits per heavy atom. The smallest absolute Gasteiger partial charge is 0.133 e. The van der Waals surface area contributed by atoms with Crippen molar-refractivity contribution in [3.63, 3.8) is 0 Å². The summed E-state index contributed by atoms with van der Waals surface area (Å²) in [6.07, 6.45) is 5.05. The Balaban J connectivity index is 1.61. The Bertz CT molecular complexity index is 427. The van der Waals surface area contributed by atoms with Crippen LogP contribution in [0.2, 0.25) is 5.02 Å². The number of halogens is 2. The molecule has 0 aromatic heterocycles. The first-order chi connectivity index (χ1) is 9.65. The molecule has 20 heavy (non-hydrogen) atoms. The third-order valence-electron chi connectivity index (χ3n) is 3.76. The summed E-state index contributed by atoms with van der Waals surface area (Å²) in [4.78, 5) is 2.59. The van der Waals surface area contributed by atoms with Crippen LogP contribution in [0.5, 0.6) is 5.75 Å². The summed E-state index contributed by atoms with van der Waals surface area (Å²) in [6.45, 7) is 6.87. The van der Waals surface area contributed by atoms with Crippen LogP contribution in [0.4, 0.5) is 0 Å². The quantitative estimate of drug-likeness (QED) is 0.662. The van der Waals surface area contributed by atoms with Crippen molar-refractivity contribution in [3.05, 3.63) is 27.7 Å². The number of ether oxygens (including phenoxy) is 1. The molecule has 0 unspecified atom stereocenters. The van der Waals surface area contributed by atoms with E-state index in [1.807, 2.05) is 18.2 Å². The molecule has 1 atom stereocenters. The maximum Gasteiger partial charge on any atom is 0.133 e. The normalized spacial score (nSPS) is 20.1. The molecule has 1 aromatic carbocycles. The Morgan fingerprint density at radius 3 is 3.00 bits per heavy atom. The van der Waals surface area contributed by atoms with Crippen LogP contribution in [0.25, 0.3) is 0 Å². The number of rotatable bonds is 6. The average molecular weight is 361 g/mol. The van der Waals surface area contributed by atoms with E-state index in [-0.39, 0.29) is 0 Å². The van der Waals surface area contributed by atoms with Crippen molar-refractivity contribution >= 4 is 27.5 Å². The van der Waals surface area contributed by atoms with E-state index in [4.69, 9.17) is 16.3 Å². The highest BCUT2D eigenvalue weighted by atomic mass is 79.9. The number of nitrogens with zero attached hydrogens (tertiary/aromatic N) is 1. The molecule has 0 saturated carbocycles. The highest BCUT2D eigenvalue weighted by Crippen LogP contribution is 2.28. The number of piperidine rings is 1. The number of benzene rings is 1. The zero-order chi connectivity index (χ0) is 14.4. The summed E-state index contributed by atoms with van der Waals surface area (Å²) in [5, 5.41) is 0.725. The maximum absolute atomic E-state index is 5.91. The topological polar surface area (TPSA) is 12.5 Å². The van der Waals surface area contributed by atoms with Gasteiger partial charge < -0.3 is 9.64 Å². The molecule has 1 fully saturated rings. The van der Waals surface area contributed by atoms with Crippen molar-refractivity contribution in [1.82, 2.24) is 4.90 Å². The highest BCUT2D eigenvalue weighted by Gasteiger charge is 2.15. The molecule has 0 aliphatic carbocycles. The average Bonchev–Trinajstić information content (AvgIpc) is 2.41. The van der Waals surface area contributed by atoms with Gasteiger partial charge in [-0.3, -0.25) is 0 Å². The summed E-state index contributed by atoms with van der Waals surface area (Å²) >= 11 is 9.38. The predicted octanol–water partition coefficient (Wildman–Crippen LogP) is 4.99. The number of hydrogen-bond donors (Lipinski definition) is 0. The fourth-order valence-corrected chi connectivity index (χ4v) is 3.50. The lowest BCUT2D eigenvalue weighted by Crippen LogP contribution is -2.35. The van der Waals surface area contributed by atoms with E-state index in [0.717, 1.165) is 34.2 Å². The fraction of sp³-hybridized carbons (Fsp3) is 0.625. The molecule has 0 spiro atoms. The molecule has 0 radical (unpaired) electrons. The standard InChI is InChI=1S/C16H23BrClNO/c1-13-5-4-9-19(12-13)8-2-3-10-20-16-7-6-14(18)11-15(16)17/h6-7,11,13H,2-5,8-10,12H2,1H3/t13-/m1/s1. The van der Waals surface area contributed by atoms with Crippen molar-refractivity contribution in [2.24, 2.45) is 5.92 Å². The van der Waals surface area contributed by atoms with Gasteiger partial charge in [0.05, 0.1) is 11.1 Å². The van der Waals surface area contributed by atoms with E-state index in [1.54, 1.807) is 0 Å². The van der Waals surface area contributed by atoms with Crippen molar-refractivity contribution in [1.29, 1.82) is 0 Å². The van der Waals surface area contributed by atoms with Gasteiger partial charge in [0.25, 0.3) is 0 Å². The zero-order valence-corrected chi connectivity index (χ0v) is 14.4. The van der Waals surface area contributed by atoms with Gasteiger partial charge in [0, 0.05) is 11.6 Å². The van der Waals surface area contributed by atoms with E-state index in [0.29, 0.717) is 0 Å².